The van der Waals surface area contributed by atoms with E-state index >= 15 is 0 Å². The van der Waals surface area contributed by atoms with Crippen molar-refractivity contribution in [2.75, 3.05) is 11.9 Å². The predicted octanol–water partition coefficient (Wildman–Crippen LogP) is 3.54. The SMILES string of the molecule is CC1CCN(C(=O)Nc2ccc(Br)cc2Br)C1C(=O)O. The summed E-state index contributed by atoms with van der Waals surface area (Å²) in [7, 11) is 0. The van der Waals surface area contributed by atoms with Crippen LogP contribution in [0.15, 0.2) is 27.1 Å². The normalized spacial score (nSPS) is 21.9. The highest BCUT2D eigenvalue weighted by Crippen LogP contribution is 2.28. The number of carbonyl (C=O) groups excluding carboxylic acids is 1. The largest absolute Gasteiger partial charge is 0.480 e. The quantitative estimate of drug-likeness (QED) is 0.790. The molecule has 2 unspecified atom stereocenters. The monoisotopic (exact) mass is 404 g/mol. The van der Waals surface area contributed by atoms with Gasteiger partial charge in [-0.15, -0.1) is 0 Å². The van der Waals surface area contributed by atoms with E-state index in [1.807, 2.05) is 19.1 Å². The highest BCUT2D eigenvalue weighted by molar-refractivity contribution is 9.11. The van der Waals surface area contributed by atoms with Crippen molar-refractivity contribution in [3.05, 3.63) is 27.1 Å². The second kappa shape index (κ2) is 6.13. The topological polar surface area (TPSA) is 69.6 Å². The van der Waals surface area contributed by atoms with Gasteiger partial charge in [-0.3, -0.25) is 0 Å². The van der Waals surface area contributed by atoms with Crippen molar-refractivity contribution < 1.29 is 14.7 Å². The smallest absolute Gasteiger partial charge is 0.326 e. The van der Waals surface area contributed by atoms with E-state index in [9.17, 15) is 14.7 Å². The molecule has 0 saturated carbocycles. The molecule has 5 nitrogen and oxygen atoms in total. The Morgan fingerprint density at radius 3 is 2.70 bits per heavy atom. The first-order valence-corrected chi connectivity index (χ1v) is 7.74. The van der Waals surface area contributed by atoms with Crippen LogP contribution in [-0.2, 0) is 4.79 Å². The second-order valence-electron chi connectivity index (χ2n) is 4.80. The zero-order valence-corrected chi connectivity index (χ0v) is 13.9. The molecule has 1 saturated heterocycles. The summed E-state index contributed by atoms with van der Waals surface area (Å²) >= 11 is 6.69. The lowest BCUT2D eigenvalue weighted by Crippen LogP contribution is -2.44. The molecule has 0 radical (unpaired) electrons. The first-order chi connectivity index (χ1) is 9.40. The van der Waals surface area contributed by atoms with E-state index in [-0.39, 0.29) is 11.9 Å². The minimum Gasteiger partial charge on any atom is -0.480 e. The van der Waals surface area contributed by atoms with Crippen LogP contribution in [0.25, 0.3) is 0 Å². The molecule has 1 heterocycles. The van der Waals surface area contributed by atoms with Crippen LogP contribution in [0.3, 0.4) is 0 Å². The number of carbonyl (C=O) groups is 2. The highest BCUT2D eigenvalue weighted by Gasteiger charge is 2.39. The van der Waals surface area contributed by atoms with Crippen molar-refractivity contribution in [1.29, 1.82) is 0 Å². The summed E-state index contributed by atoms with van der Waals surface area (Å²) < 4.78 is 1.62. The molecular formula is C13H14Br2N2O3. The first-order valence-electron chi connectivity index (χ1n) is 6.15. The Balaban J connectivity index is 2.14. The second-order valence-corrected chi connectivity index (χ2v) is 6.57. The lowest BCUT2D eigenvalue weighted by atomic mass is 10.0. The van der Waals surface area contributed by atoms with E-state index in [1.54, 1.807) is 6.07 Å². The molecular weight excluding hydrogens is 392 g/mol. The van der Waals surface area contributed by atoms with Crippen LogP contribution in [0.1, 0.15) is 13.3 Å². The van der Waals surface area contributed by atoms with Crippen molar-refractivity contribution in [3.63, 3.8) is 0 Å². The van der Waals surface area contributed by atoms with Crippen LogP contribution in [0.5, 0.6) is 0 Å². The number of aliphatic carboxylic acids is 1. The van der Waals surface area contributed by atoms with Gasteiger partial charge in [0.15, 0.2) is 0 Å². The van der Waals surface area contributed by atoms with Crippen LogP contribution in [0, 0.1) is 5.92 Å². The number of benzene rings is 1. The lowest BCUT2D eigenvalue weighted by Gasteiger charge is -2.24. The highest BCUT2D eigenvalue weighted by atomic mass is 79.9. The lowest BCUT2D eigenvalue weighted by molar-refractivity contribution is -0.142. The molecule has 108 valence electrons. The number of rotatable bonds is 2. The van der Waals surface area contributed by atoms with E-state index in [2.05, 4.69) is 37.2 Å². The molecule has 1 aromatic carbocycles. The van der Waals surface area contributed by atoms with Gasteiger partial charge in [0, 0.05) is 15.5 Å². The summed E-state index contributed by atoms with van der Waals surface area (Å²) in [6.07, 6.45) is 0.700. The van der Waals surface area contributed by atoms with Gasteiger partial charge in [0.05, 0.1) is 5.69 Å². The average molecular weight is 406 g/mol. The maximum absolute atomic E-state index is 12.2. The molecule has 0 aromatic heterocycles. The number of amides is 2. The van der Waals surface area contributed by atoms with Crippen molar-refractivity contribution in [1.82, 2.24) is 4.90 Å². The van der Waals surface area contributed by atoms with Gasteiger partial charge in [-0.1, -0.05) is 22.9 Å². The van der Waals surface area contributed by atoms with E-state index < -0.39 is 12.0 Å². The predicted molar refractivity (Wildman–Crippen MR) is 82.8 cm³/mol. The summed E-state index contributed by atoms with van der Waals surface area (Å²) in [6.45, 7) is 2.31. The van der Waals surface area contributed by atoms with Crippen LogP contribution >= 0.6 is 31.9 Å². The van der Waals surface area contributed by atoms with Gasteiger partial charge >= 0.3 is 12.0 Å². The molecule has 1 fully saturated rings. The zero-order valence-electron chi connectivity index (χ0n) is 10.8. The summed E-state index contributed by atoms with van der Waals surface area (Å²) in [5.41, 5.74) is 0.613. The number of hydrogen-bond acceptors (Lipinski definition) is 2. The molecule has 1 aliphatic rings. The van der Waals surface area contributed by atoms with Crippen molar-refractivity contribution in [3.8, 4) is 0 Å². The fourth-order valence-electron chi connectivity index (χ4n) is 2.33. The van der Waals surface area contributed by atoms with E-state index in [4.69, 9.17) is 0 Å². The Morgan fingerprint density at radius 1 is 1.40 bits per heavy atom. The van der Waals surface area contributed by atoms with Crippen LogP contribution in [0.2, 0.25) is 0 Å². The number of urea groups is 1. The number of carboxylic acid groups (broad SMARTS) is 1. The van der Waals surface area contributed by atoms with Gasteiger partial charge in [0.1, 0.15) is 6.04 Å². The van der Waals surface area contributed by atoms with Gasteiger partial charge in [-0.25, -0.2) is 9.59 Å². The van der Waals surface area contributed by atoms with Gasteiger partial charge < -0.3 is 15.3 Å². The standard InChI is InChI=1S/C13H14Br2N2O3/c1-7-4-5-17(11(7)12(18)19)13(20)16-10-3-2-8(14)6-9(10)15/h2-3,6-7,11H,4-5H2,1H3,(H,16,20)(H,18,19). The van der Waals surface area contributed by atoms with E-state index in [0.717, 1.165) is 8.95 Å². The number of carboxylic acids is 1. The third kappa shape index (κ3) is 3.15. The van der Waals surface area contributed by atoms with Gasteiger partial charge in [-0.05, 0) is 46.5 Å². The molecule has 1 aliphatic heterocycles. The molecule has 2 rings (SSSR count). The summed E-state index contributed by atoms with van der Waals surface area (Å²) in [5.74, 6) is -0.994. The summed E-state index contributed by atoms with van der Waals surface area (Å²) in [5, 5.41) is 12.0. The Bertz CT molecular complexity index is 550. The molecule has 2 atom stereocenters. The third-order valence-corrected chi connectivity index (χ3v) is 4.54. The Kier molecular flexibility index (Phi) is 4.70. The summed E-state index contributed by atoms with van der Waals surface area (Å²) in [6, 6.07) is 4.23. The van der Waals surface area contributed by atoms with Crippen LogP contribution in [-0.4, -0.2) is 34.6 Å². The number of nitrogens with zero attached hydrogens (tertiary/aromatic N) is 1. The Hall–Kier alpha value is -1.08. The Labute approximate surface area is 133 Å². The zero-order chi connectivity index (χ0) is 14.9. The fourth-order valence-corrected chi connectivity index (χ4v) is 3.48. The number of likely N-dealkylation sites (tertiary alicyclic amines) is 1. The number of halogens is 2. The fraction of sp³-hybridized carbons (Fsp3) is 0.385. The Morgan fingerprint density at radius 2 is 2.10 bits per heavy atom. The number of hydrogen-bond donors (Lipinski definition) is 2. The molecule has 20 heavy (non-hydrogen) atoms. The molecule has 7 heteroatoms. The molecule has 0 spiro atoms. The summed E-state index contributed by atoms with van der Waals surface area (Å²) in [4.78, 5) is 24.9. The van der Waals surface area contributed by atoms with Crippen LogP contribution in [0.4, 0.5) is 10.5 Å². The maximum atomic E-state index is 12.2. The molecule has 1 aromatic rings. The first kappa shape index (κ1) is 15.3. The number of anilines is 1. The minimum atomic E-state index is -0.958. The van der Waals surface area contributed by atoms with Gasteiger partial charge in [0.2, 0.25) is 0 Å². The van der Waals surface area contributed by atoms with Crippen molar-refractivity contribution in [2.24, 2.45) is 5.92 Å². The van der Waals surface area contributed by atoms with Gasteiger partial charge in [-0.2, -0.15) is 0 Å². The molecule has 0 aliphatic carbocycles. The third-order valence-electron chi connectivity index (χ3n) is 3.39. The molecule has 2 amide bonds. The van der Waals surface area contributed by atoms with E-state index in [1.165, 1.54) is 4.90 Å². The van der Waals surface area contributed by atoms with Crippen molar-refractivity contribution >= 4 is 49.5 Å². The molecule has 2 N–H and O–H groups in total. The maximum Gasteiger partial charge on any atom is 0.326 e. The van der Waals surface area contributed by atoms with Gasteiger partial charge in [0.25, 0.3) is 0 Å². The van der Waals surface area contributed by atoms with Crippen LogP contribution < -0.4 is 5.32 Å². The minimum absolute atomic E-state index is 0.0355. The molecule has 0 bridgehead atoms. The van der Waals surface area contributed by atoms with E-state index in [0.29, 0.717) is 18.7 Å². The van der Waals surface area contributed by atoms with Crippen molar-refractivity contribution in [2.45, 2.75) is 19.4 Å². The average Bonchev–Trinajstić information content (AvgIpc) is 2.74. The number of nitrogens with one attached hydrogen (secondary N) is 1.